The highest BCUT2D eigenvalue weighted by Crippen LogP contribution is 2.18. The molecule has 0 aliphatic rings. The minimum Gasteiger partial charge on any atom is -0.489 e. The lowest BCUT2D eigenvalue weighted by atomic mass is 10.3. The van der Waals surface area contributed by atoms with Crippen LogP contribution in [0.4, 0.5) is 4.39 Å². The van der Waals surface area contributed by atoms with E-state index >= 15 is 0 Å². The highest BCUT2D eigenvalue weighted by molar-refractivity contribution is 9.10. The topological polar surface area (TPSA) is 22.1 Å². The first-order valence-electron chi connectivity index (χ1n) is 4.72. The Kier molecular flexibility index (Phi) is 3.51. The SMILES string of the molecule is Fc1ccc(OCc2cnccc2Br)cc1. The fourth-order valence-electron chi connectivity index (χ4n) is 1.21. The molecular weight excluding hydrogens is 273 g/mol. The molecule has 2 aromatic rings. The van der Waals surface area contributed by atoms with E-state index in [2.05, 4.69) is 20.9 Å². The second-order valence-corrected chi connectivity index (χ2v) is 4.06. The highest BCUT2D eigenvalue weighted by Gasteiger charge is 2.00. The van der Waals surface area contributed by atoms with E-state index in [4.69, 9.17) is 4.74 Å². The van der Waals surface area contributed by atoms with Crippen LogP contribution in [0.5, 0.6) is 5.75 Å². The van der Waals surface area contributed by atoms with Crippen LogP contribution in [0.25, 0.3) is 0 Å². The zero-order valence-electron chi connectivity index (χ0n) is 8.36. The lowest BCUT2D eigenvalue weighted by Gasteiger charge is -2.06. The number of benzene rings is 1. The Balaban J connectivity index is 2.02. The minimum absolute atomic E-state index is 0.269. The van der Waals surface area contributed by atoms with Crippen LogP contribution < -0.4 is 4.74 Å². The van der Waals surface area contributed by atoms with E-state index < -0.39 is 0 Å². The Hall–Kier alpha value is -1.42. The van der Waals surface area contributed by atoms with Crippen LogP contribution in [0.15, 0.2) is 47.2 Å². The number of rotatable bonds is 3. The van der Waals surface area contributed by atoms with Gasteiger partial charge in [0.1, 0.15) is 18.2 Å². The van der Waals surface area contributed by atoms with Crippen LogP contribution >= 0.6 is 15.9 Å². The Labute approximate surface area is 101 Å². The van der Waals surface area contributed by atoms with Gasteiger partial charge in [0.05, 0.1) is 0 Å². The third-order valence-corrected chi connectivity index (χ3v) is 2.83. The van der Waals surface area contributed by atoms with Crippen LogP contribution in [0.3, 0.4) is 0 Å². The molecule has 0 fully saturated rings. The Morgan fingerprint density at radius 1 is 1.19 bits per heavy atom. The van der Waals surface area contributed by atoms with Gasteiger partial charge in [0.25, 0.3) is 0 Å². The lowest BCUT2D eigenvalue weighted by molar-refractivity contribution is 0.304. The second-order valence-electron chi connectivity index (χ2n) is 3.21. The first-order valence-corrected chi connectivity index (χ1v) is 5.52. The fourth-order valence-corrected chi connectivity index (χ4v) is 1.54. The van der Waals surface area contributed by atoms with Crippen molar-refractivity contribution >= 4 is 15.9 Å². The predicted octanol–water partition coefficient (Wildman–Crippen LogP) is 3.56. The molecule has 1 aromatic heterocycles. The summed E-state index contributed by atoms with van der Waals surface area (Å²) < 4.78 is 19.1. The van der Waals surface area contributed by atoms with E-state index in [0.29, 0.717) is 12.4 Å². The average molecular weight is 282 g/mol. The third-order valence-electron chi connectivity index (χ3n) is 2.05. The number of pyridine rings is 1. The summed E-state index contributed by atoms with van der Waals surface area (Å²) in [7, 11) is 0. The Morgan fingerprint density at radius 3 is 2.62 bits per heavy atom. The van der Waals surface area contributed by atoms with Crippen molar-refractivity contribution < 1.29 is 9.13 Å². The van der Waals surface area contributed by atoms with Crippen molar-refractivity contribution in [2.45, 2.75) is 6.61 Å². The summed E-state index contributed by atoms with van der Waals surface area (Å²) in [6.07, 6.45) is 3.43. The van der Waals surface area contributed by atoms with E-state index in [1.165, 1.54) is 12.1 Å². The molecule has 0 N–H and O–H groups in total. The van der Waals surface area contributed by atoms with Gasteiger partial charge in [0, 0.05) is 22.4 Å². The third kappa shape index (κ3) is 2.79. The standard InChI is InChI=1S/C12H9BrFNO/c13-12-5-6-15-7-9(12)8-16-11-3-1-10(14)2-4-11/h1-7H,8H2. The molecule has 2 nitrogen and oxygen atoms in total. The first-order chi connectivity index (χ1) is 7.75. The molecule has 0 atom stereocenters. The van der Waals surface area contributed by atoms with Crippen LogP contribution in [0.2, 0.25) is 0 Å². The molecule has 0 saturated carbocycles. The first kappa shape index (κ1) is 11.1. The highest BCUT2D eigenvalue weighted by atomic mass is 79.9. The van der Waals surface area contributed by atoms with E-state index in [9.17, 15) is 4.39 Å². The van der Waals surface area contributed by atoms with E-state index in [1.54, 1.807) is 24.5 Å². The number of aromatic nitrogens is 1. The molecule has 16 heavy (non-hydrogen) atoms. The quantitative estimate of drug-likeness (QED) is 0.858. The molecule has 0 amide bonds. The molecular formula is C12H9BrFNO. The number of halogens is 2. The molecule has 0 radical (unpaired) electrons. The molecule has 0 aliphatic carbocycles. The molecule has 2 rings (SSSR count). The average Bonchev–Trinajstić information content (AvgIpc) is 2.30. The second kappa shape index (κ2) is 5.07. The molecule has 0 aliphatic heterocycles. The van der Waals surface area contributed by atoms with Crippen molar-refractivity contribution in [3.63, 3.8) is 0 Å². The van der Waals surface area contributed by atoms with Gasteiger partial charge in [-0.25, -0.2) is 4.39 Å². The van der Waals surface area contributed by atoms with Gasteiger partial charge in [-0.2, -0.15) is 0 Å². The molecule has 82 valence electrons. The van der Waals surface area contributed by atoms with Gasteiger partial charge >= 0.3 is 0 Å². The van der Waals surface area contributed by atoms with Crippen molar-refractivity contribution in [1.82, 2.24) is 4.98 Å². The summed E-state index contributed by atoms with van der Waals surface area (Å²) in [5, 5.41) is 0. The van der Waals surface area contributed by atoms with Crippen LogP contribution in [-0.4, -0.2) is 4.98 Å². The summed E-state index contributed by atoms with van der Waals surface area (Å²) in [4.78, 5) is 4.00. The molecule has 4 heteroatoms. The maximum absolute atomic E-state index is 12.6. The van der Waals surface area contributed by atoms with Gasteiger partial charge in [0.2, 0.25) is 0 Å². The smallest absolute Gasteiger partial charge is 0.123 e. The molecule has 1 heterocycles. The van der Waals surface area contributed by atoms with Gasteiger partial charge in [-0.15, -0.1) is 0 Å². The number of hydrogen-bond donors (Lipinski definition) is 0. The van der Waals surface area contributed by atoms with Crippen LogP contribution in [0.1, 0.15) is 5.56 Å². The number of ether oxygens (including phenoxy) is 1. The van der Waals surface area contributed by atoms with Crippen LogP contribution in [-0.2, 0) is 6.61 Å². The van der Waals surface area contributed by atoms with Crippen molar-refractivity contribution in [3.8, 4) is 5.75 Å². The van der Waals surface area contributed by atoms with Gasteiger partial charge in [0.15, 0.2) is 0 Å². The zero-order valence-corrected chi connectivity index (χ0v) is 9.95. The number of nitrogens with zero attached hydrogens (tertiary/aromatic N) is 1. The minimum atomic E-state index is -0.269. The monoisotopic (exact) mass is 281 g/mol. The predicted molar refractivity (Wildman–Crippen MR) is 62.7 cm³/mol. The maximum atomic E-state index is 12.6. The summed E-state index contributed by atoms with van der Waals surface area (Å²) in [6.45, 7) is 0.403. The van der Waals surface area contributed by atoms with Gasteiger partial charge < -0.3 is 4.74 Å². The fraction of sp³-hybridized carbons (Fsp3) is 0.0833. The van der Waals surface area contributed by atoms with Gasteiger partial charge in [-0.3, -0.25) is 4.98 Å². The largest absolute Gasteiger partial charge is 0.489 e. The van der Waals surface area contributed by atoms with Crippen LogP contribution in [0, 0.1) is 5.82 Å². The Morgan fingerprint density at radius 2 is 1.94 bits per heavy atom. The molecule has 1 aromatic carbocycles. The van der Waals surface area contributed by atoms with Crippen molar-refractivity contribution in [1.29, 1.82) is 0 Å². The normalized spacial score (nSPS) is 10.1. The van der Waals surface area contributed by atoms with E-state index in [1.807, 2.05) is 6.07 Å². The zero-order chi connectivity index (χ0) is 11.4. The summed E-state index contributed by atoms with van der Waals surface area (Å²) >= 11 is 3.40. The van der Waals surface area contributed by atoms with E-state index in [-0.39, 0.29) is 5.82 Å². The van der Waals surface area contributed by atoms with Crippen molar-refractivity contribution in [2.75, 3.05) is 0 Å². The van der Waals surface area contributed by atoms with Gasteiger partial charge in [-0.1, -0.05) is 15.9 Å². The molecule has 0 unspecified atom stereocenters. The van der Waals surface area contributed by atoms with Gasteiger partial charge in [-0.05, 0) is 30.3 Å². The summed E-state index contributed by atoms with van der Waals surface area (Å²) in [5.41, 5.74) is 0.951. The molecule has 0 spiro atoms. The Bertz CT molecular complexity index is 473. The lowest BCUT2D eigenvalue weighted by Crippen LogP contribution is -1.96. The summed E-state index contributed by atoms with van der Waals surface area (Å²) in [6, 6.07) is 7.78. The van der Waals surface area contributed by atoms with E-state index in [0.717, 1.165) is 10.0 Å². The number of hydrogen-bond acceptors (Lipinski definition) is 2. The summed E-state index contributed by atoms with van der Waals surface area (Å²) in [5.74, 6) is 0.368. The molecule has 0 saturated heterocycles. The molecule has 0 bridgehead atoms. The van der Waals surface area contributed by atoms with Crippen molar-refractivity contribution in [2.24, 2.45) is 0 Å². The maximum Gasteiger partial charge on any atom is 0.123 e. The van der Waals surface area contributed by atoms with Crippen molar-refractivity contribution in [3.05, 3.63) is 58.6 Å².